The Labute approximate surface area is 219 Å². The minimum atomic E-state index is -0.560. The molecule has 0 fully saturated rings. The summed E-state index contributed by atoms with van der Waals surface area (Å²) in [6.07, 6.45) is 8.88. The quantitative estimate of drug-likeness (QED) is 0.259. The highest BCUT2D eigenvalue weighted by molar-refractivity contribution is 5.88. The lowest BCUT2D eigenvalue weighted by Gasteiger charge is -2.26. The number of ether oxygens (including phenoxy) is 1. The normalized spacial score (nSPS) is 14.8. The lowest BCUT2D eigenvalue weighted by molar-refractivity contribution is -0.132. The van der Waals surface area contributed by atoms with Crippen LogP contribution in [0.15, 0.2) is 54.1 Å². The van der Waals surface area contributed by atoms with Crippen molar-refractivity contribution in [3.05, 3.63) is 59.7 Å². The first-order chi connectivity index (χ1) is 17.2. The summed E-state index contributed by atoms with van der Waals surface area (Å²) in [7, 11) is 0. The summed E-state index contributed by atoms with van der Waals surface area (Å²) in [6, 6.07) is 9.29. The van der Waals surface area contributed by atoms with Gasteiger partial charge in [0.25, 0.3) is 0 Å². The van der Waals surface area contributed by atoms with Crippen LogP contribution in [0.2, 0.25) is 0 Å². The molecule has 4 N–H and O–H groups in total. The van der Waals surface area contributed by atoms with Crippen molar-refractivity contribution in [3.8, 4) is 0 Å². The van der Waals surface area contributed by atoms with Gasteiger partial charge in [0.1, 0.15) is 6.04 Å². The third-order valence-corrected chi connectivity index (χ3v) is 6.09. The monoisotopic (exact) mass is 499 g/mol. The van der Waals surface area contributed by atoms with Gasteiger partial charge in [-0.2, -0.15) is 0 Å². The maximum absolute atomic E-state index is 13.3. The van der Waals surface area contributed by atoms with Gasteiger partial charge in [-0.25, -0.2) is 0 Å². The molecule has 0 bridgehead atoms. The molecule has 6 heteroatoms. The smallest absolute Gasteiger partial charge is 0.242 e. The molecule has 2 amide bonds. The minimum Gasteiger partial charge on any atom is -0.375 e. The van der Waals surface area contributed by atoms with Crippen molar-refractivity contribution in [3.63, 3.8) is 0 Å². The first-order valence-corrected chi connectivity index (χ1v) is 13.4. The molecule has 0 saturated heterocycles. The Bertz CT molecular complexity index is 818. The number of amides is 2. The Hall–Kier alpha value is -2.44. The second kappa shape index (κ2) is 17.9. The molecule has 0 spiro atoms. The Morgan fingerprint density at radius 1 is 1.06 bits per heavy atom. The van der Waals surface area contributed by atoms with Crippen LogP contribution in [0.1, 0.15) is 72.8 Å². The van der Waals surface area contributed by atoms with Gasteiger partial charge in [-0.05, 0) is 55.6 Å². The molecule has 0 radical (unpaired) electrons. The molecular formula is C30H49N3O3. The summed E-state index contributed by atoms with van der Waals surface area (Å²) in [5.41, 5.74) is 8.46. The Balaban J connectivity index is 2.66. The summed E-state index contributed by atoms with van der Waals surface area (Å²) in [6.45, 7) is 13.6. The van der Waals surface area contributed by atoms with Crippen molar-refractivity contribution in [2.24, 2.45) is 23.5 Å². The average molecular weight is 500 g/mol. The molecular weight excluding hydrogens is 450 g/mol. The van der Waals surface area contributed by atoms with Gasteiger partial charge in [-0.15, -0.1) is 0 Å². The van der Waals surface area contributed by atoms with Crippen LogP contribution in [0.25, 0.3) is 0 Å². The van der Waals surface area contributed by atoms with Crippen LogP contribution in [0.4, 0.5) is 0 Å². The number of hydrogen-bond donors (Lipinski definition) is 3. The molecule has 36 heavy (non-hydrogen) atoms. The van der Waals surface area contributed by atoms with Crippen LogP contribution in [0.5, 0.6) is 0 Å². The molecule has 0 aliphatic rings. The Morgan fingerprint density at radius 3 is 2.33 bits per heavy atom. The molecule has 0 aliphatic heterocycles. The van der Waals surface area contributed by atoms with Crippen molar-refractivity contribution in [1.29, 1.82) is 0 Å². The van der Waals surface area contributed by atoms with E-state index in [4.69, 9.17) is 10.5 Å². The second-order valence-electron chi connectivity index (χ2n) is 10.3. The number of benzene rings is 1. The van der Waals surface area contributed by atoms with Gasteiger partial charge in [0.05, 0.1) is 13.2 Å². The van der Waals surface area contributed by atoms with Gasteiger partial charge in [-0.1, -0.05) is 83.2 Å². The topological polar surface area (TPSA) is 93.5 Å². The summed E-state index contributed by atoms with van der Waals surface area (Å²) < 4.78 is 5.77. The average Bonchev–Trinajstić information content (AvgIpc) is 2.82. The fourth-order valence-electron chi connectivity index (χ4n) is 4.12. The van der Waals surface area contributed by atoms with E-state index in [2.05, 4.69) is 37.5 Å². The highest BCUT2D eigenvalue weighted by Gasteiger charge is 2.28. The standard InChI is InChI=1S/C30H49N3O3/c1-7-12-24(13-8-2)19-32-30(35)28(18-22(3)4)33-29(34)27(23(5)6)17-16-26(31)21-36-20-25-14-10-9-11-15-25/h7,9-15,22-23,26-28H,8,16-21,31H2,1-6H3,(H,32,35)(H,33,34)/b12-7-,24-13+/t26?,27-,28-/m0/s1. The summed E-state index contributed by atoms with van der Waals surface area (Å²) in [5.74, 6) is -0.0295. The molecule has 3 atom stereocenters. The van der Waals surface area contributed by atoms with Crippen LogP contribution < -0.4 is 16.4 Å². The van der Waals surface area contributed by atoms with Crippen LogP contribution in [-0.2, 0) is 20.9 Å². The van der Waals surface area contributed by atoms with Crippen molar-refractivity contribution in [2.45, 2.75) is 85.9 Å². The van der Waals surface area contributed by atoms with E-state index < -0.39 is 6.04 Å². The van der Waals surface area contributed by atoms with E-state index in [-0.39, 0.29) is 35.6 Å². The summed E-state index contributed by atoms with van der Waals surface area (Å²) in [4.78, 5) is 26.3. The fraction of sp³-hybridized carbons (Fsp3) is 0.600. The fourth-order valence-corrected chi connectivity index (χ4v) is 4.12. The molecule has 202 valence electrons. The van der Waals surface area contributed by atoms with Crippen molar-refractivity contribution in [2.75, 3.05) is 13.2 Å². The zero-order valence-corrected chi connectivity index (χ0v) is 23.3. The van der Waals surface area contributed by atoms with Gasteiger partial charge in [-0.3, -0.25) is 9.59 Å². The van der Waals surface area contributed by atoms with E-state index in [0.29, 0.717) is 39.0 Å². The molecule has 0 saturated carbocycles. The summed E-state index contributed by atoms with van der Waals surface area (Å²) >= 11 is 0. The molecule has 0 aromatic heterocycles. The molecule has 1 aromatic rings. The van der Waals surface area contributed by atoms with E-state index in [1.54, 1.807) is 0 Å². The predicted molar refractivity (Wildman–Crippen MR) is 149 cm³/mol. The zero-order chi connectivity index (χ0) is 26.9. The predicted octanol–water partition coefficient (Wildman–Crippen LogP) is 5.14. The van der Waals surface area contributed by atoms with Crippen molar-refractivity contribution < 1.29 is 14.3 Å². The molecule has 1 aromatic carbocycles. The number of nitrogens with one attached hydrogen (secondary N) is 2. The minimum absolute atomic E-state index is 0.0824. The maximum Gasteiger partial charge on any atom is 0.242 e. The molecule has 1 rings (SSSR count). The third-order valence-electron chi connectivity index (χ3n) is 6.09. The van der Waals surface area contributed by atoms with E-state index in [9.17, 15) is 9.59 Å². The number of carbonyl (C=O) groups excluding carboxylic acids is 2. The lowest BCUT2D eigenvalue weighted by Crippen LogP contribution is -2.50. The molecule has 1 unspecified atom stereocenters. The highest BCUT2D eigenvalue weighted by atomic mass is 16.5. The number of nitrogens with two attached hydrogens (primary N) is 1. The first-order valence-electron chi connectivity index (χ1n) is 13.4. The van der Waals surface area contributed by atoms with Crippen molar-refractivity contribution >= 4 is 11.8 Å². The summed E-state index contributed by atoms with van der Waals surface area (Å²) in [5, 5.41) is 6.05. The number of rotatable bonds is 17. The van der Waals surface area contributed by atoms with Gasteiger partial charge in [0.15, 0.2) is 0 Å². The van der Waals surface area contributed by atoms with Crippen LogP contribution >= 0.6 is 0 Å². The van der Waals surface area contributed by atoms with Crippen molar-refractivity contribution in [1.82, 2.24) is 10.6 Å². The largest absolute Gasteiger partial charge is 0.375 e. The third kappa shape index (κ3) is 13.0. The van der Waals surface area contributed by atoms with E-state index in [1.165, 1.54) is 0 Å². The van der Waals surface area contributed by atoms with Crippen LogP contribution in [-0.4, -0.2) is 37.0 Å². The number of hydrogen-bond acceptors (Lipinski definition) is 4. The van der Waals surface area contributed by atoms with Crippen LogP contribution in [0.3, 0.4) is 0 Å². The second-order valence-corrected chi connectivity index (χ2v) is 10.3. The van der Waals surface area contributed by atoms with E-state index in [1.807, 2.05) is 63.3 Å². The number of carbonyl (C=O) groups is 2. The maximum atomic E-state index is 13.3. The SMILES string of the molecule is C/C=C\C(=C/CC)CNC(=O)[C@H](CC(C)C)NC(=O)[C@@H](CCC(N)COCc1ccccc1)C(C)C. The zero-order valence-electron chi connectivity index (χ0n) is 23.3. The Kier molecular flexibility index (Phi) is 15.7. The molecule has 0 heterocycles. The van der Waals surface area contributed by atoms with E-state index >= 15 is 0 Å². The van der Waals surface area contributed by atoms with Gasteiger partial charge in [0, 0.05) is 18.5 Å². The van der Waals surface area contributed by atoms with Gasteiger partial charge in [0.2, 0.25) is 11.8 Å². The highest BCUT2D eigenvalue weighted by Crippen LogP contribution is 2.19. The van der Waals surface area contributed by atoms with Gasteiger partial charge < -0.3 is 21.1 Å². The lowest BCUT2D eigenvalue weighted by atomic mass is 9.88. The first kappa shape index (κ1) is 31.6. The number of allylic oxidation sites excluding steroid dienone is 2. The molecule has 0 aliphatic carbocycles. The van der Waals surface area contributed by atoms with Crippen LogP contribution in [0, 0.1) is 17.8 Å². The van der Waals surface area contributed by atoms with E-state index in [0.717, 1.165) is 17.6 Å². The van der Waals surface area contributed by atoms with Gasteiger partial charge >= 0.3 is 0 Å². The molecule has 6 nitrogen and oxygen atoms in total. The Morgan fingerprint density at radius 2 is 1.75 bits per heavy atom.